The molecular formula is C11H14O4. The van der Waals surface area contributed by atoms with Gasteiger partial charge >= 0.3 is 5.97 Å². The monoisotopic (exact) mass is 210 g/mol. The van der Waals surface area contributed by atoms with Crippen molar-refractivity contribution in [2.75, 3.05) is 13.2 Å². The molecule has 0 aliphatic heterocycles. The van der Waals surface area contributed by atoms with Crippen LogP contribution in [0.5, 0.6) is 0 Å². The molecule has 4 heteroatoms. The summed E-state index contributed by atoms with van der Waals surface area (Å²) in [4.78, 5) is 11.3. The number of benzene rings is 1. The molecule has 1 rings (SSSR count). The number of aliphatic hydroxyl groups is 2. The summed E-state index contributed by atoms with van der Waals surface area (Å²) in [6.07, 6.45) is -0.580. The second-order valence-electron chi connectivity index (χ2n) is 3.13. The SMILES string of the molecule is O=C(OCC[C@@H](O)CO)c1ccccc1. The molecule has 0 saturated heterocycles. The lowest BCUT2D eigenvalue weighted by atomic mass is 10.2. The van der Waals surface area contributed by atoms with E-state index >= 15 is 0 Å². The summed E-state index contributed by atoms with van der Waals surface area (Å²) in [5.74, 6) is -0.416. The number of ether oxygens (including phenoxy) is 1. The molecule has 1 aromatic carbocycles. The Hall–Kier alpha value is -1.39. The van der Waals surface area contributed by atoms with Crippen molar-refractivity contribution in [2.45, 2.75) is 12.5 Å². The van der Waals surface area contributed by atoms with Crippen molar-refractivity contribution >= 4 is 5.97 Å². The van der Waals surface area contributed by atoms with Crippen molar-refractivity contribution < 1.29 is 19.7 Å². The third-order valence-electron chi connectivity index (χ3n) is 1.90. The van der Waals surface area contributed by atoms with E-state index in [1.165, 1.54) is 0 Å². The van der Waals surface area contributed by atoms with Gasteiger partial charge in [0.05, 0.1) is 24.9 Å². The summed E-state index contributed by atoms with van der Waals surface area (Å²) in [5.41, 5.74) is 0.482. The third kappa shape index (κ3) is 4.10. The molecule has 0 spiro atoms. The Morgan fingerprint density at radius 1 is 1.33 bits per heavy atom. The smallest absolute Gasteiger partial charge is 0.338 e. The highest BCUT2D eigenvalue weighted by Gasteiger charge is 2.07. The molecular weight excluding hydrogens is 196 g/mol. The Labute approximate surface area is 88.1 Å². The van der Waals surface area contributed by atoms with Crippen LogP contribution < -0.4 is 0 Å². The van der Waals surface area contributed by atoms with E-state index in [0.29, 0.717) is 5.56 Å². The molecule has 1 aromatic rings. The molecule has 82 valence electrons. The number of hydrogen-bond donors (Lipinski definition) is 2. The van der Waals surface area contributed by atoms with Gasteiger partial charge in [-0.15, -0.1) is 0 Å². The van der Waals surface area contributed by atoms with Gasteiger partial charge in [-0.2, -0.15) is 0 Å². The molecule has 1 atom stereocenters. The second-order valence-corrected chi connectivity index (χ2v) is 3.13. The highest BCUT2D eigenvalue weighted by atomic mass is 16.5. The van der Waals surface area contributed by atoms with E-state index in [2.05, 4.69) is 0 Å². The number of carbonyl (C=O) groups excluding carboxylic acids is 1. The fraction of sp³-hybridized carbons (Fsp3) is 0.364. The molecule has 0 saturated carbocycles. The van der Waals surface area contributed by atoms with Crippen molar-refractivity contribution in [1.82, 2.24) is 0 Å². The molecule has 0 unspecified atom stereocenters. The maximum absolute atomic E-state index is 11.3. The summed E-state index contributed by atoms with van der Waals surface area (Å²) in [6, 6.07) is 8.63. The van der Waals surface area contributed by atoms with Crippen LogP contribution in [0.15, 0.2) is 30.3 Å². The number of esters is 1. The highest BCUT2D eigenvalue weighted by molar-refractivity contribution is 5.89. The van der Waals surface area contributed by atoms with Crippen LogP contribution in [-0.2, 0) is 4.74 Å². The predicted octanol–water partition coefficient (Wildman–Crippen LogP) is 0.587. The van der Waals surface area contributed by atoms with Crippen LogP contribution in [0.25, 0.3) is 0 Å². The van der Waals surface area contributed by atoms with Gasteiger partial charge in [-0.25, -0.2) is 4.79 Å². The lowest BCUT2D eigenvalue weighted by Crippen LogP contribution is -2.16. The molecule has 0 amide bonds. The van der Waals surface area contributed by atoms with E-state index in [4.69, 9.17) is 14.9 Å². The molecule has 0 bridgehead atoms. The van der Waals surface area contributed by atoms with Crippen molar-refractivity contribution in [3.05, 3.63) is 35.9 Å². The van der Waals surface area contributed by atoms with Gasteiger partial charge in [-0.05, 0) is 12.1 Å². The van der Waals surface area contributed by atoms with Crippen LogP contribution in [0, 0.1) is 0 Å². The topological polar surface area (TPSA) is 66.8 Å². The van der Waals surface area contributed by atoms with Gasteiger partial charge in [0.2, 0.25) is 0 Å². The molecule has 15 heavy (non-hydrogen) atoms. The summed E-state index contributed by atoms with van der Waals surface area (Å²) in [5, 5.41) is 17.5. The van der Waals surface area contributed by atoms with E-state index in [1.807, 2.05) is 6.07 Å². The van der Waals surface area contributed by atoms with Crippen molar-refractivity contribution in [3.63, 3.8) is 0 Å². The van der Waals surface area contributed by atoms with Gasteiger partial charge in [0.25, 0.3) is 0 Å². The van der Waals surface area contributed by atoms with E-state index in [-0.39, 0.29) is 19.6 Å². The fourth-order valence-electron chi connectivity index (χ4n) is 1.04. The van der Waals surface area contributed by atoms with E-state index < -0.39 is 12.1 Å². The van der Waals surface area contributed by atoms with Crippen LogP contribution in [0.2, 0.25) is 0 Å². The Morgan fingerprint density at radius 2 is 2.00 bits per heavy atom. The molecule has 2 N–H and O–H groups in total. The first-order valence-electron chi connectivity index (χ1n) is 4.75. The summed E-state index contributed by atoms with van der Waals surface area (Å²) < 4.78 is 4.89. The van der Waals surface area contributed by atoms with Gasteiger partial charge < -0.3 is 14.9 Å². The van der Waals surface area contributed by atoms with Crippen molar-refractivity contribution in [3.8, 4) is 0 Å². The van der Waals surface area contributed by atoms with Crippen molar-refractivity contribution in [1.29, 1.82) is 0 Å². The summed E-state index contributed by atoms with van der Waals surface area (Å²) in [7, 11) is 0. The largest absolute Gasteiger partial charge is 0.462 e. The first-order chi connectivity index (χ1) is 7.24. The summed E-state index contributed by atoms with van der Waals surface area (Å²) in [6.45, 7) is -0.210. The average Bonchev–Trinajstić information content (AvgIpc) is 2.29. The second kappa shape index (κ2) is 6.16. The lowest BCUT2D eigenvalue weighted by molar-refractivity contribution is 0.0347. The van der Waals surface area contributed by atoms with E-state index in [0.717, 1.165) is 0 Å². The van der Waals surface area contributed by atoms with E-state index in [1.54, 1.807) is 24.3 Å². The van der Waals surface area contributed by atoms with Crippen LogP contribution in [0.3, 0.4) is 0 Å². The lowest BCUT2D eigenvalue weighted by Gasteiger charge is -2.07. The maximum Gasteiger partial charge on any atom is 0.338 e. The quantitative estimate of drug-likeness (QED) is 0.698. The molecule has 0 aliphatic carbocycles. The van der Waals surface area contributed by atoms with Crippen LogP contribution in [0.1, 0.15) is 16.8 Å². The number of aliphatic hydroxyl groups excluding tert-OH is 2. The normalized spacial score (nSPS) is 12.1. The molecule has 0 radical (unpaired) electrons. The van der Waals surface area contributed by atoms with Gasteiger partial charge in [0, 0.05) is 6.42 Å². The first kappa shape index (κ1) is 11.7. The molecule has 0 heterocycles. The highest BCUT2D eigenvalue weighted by Crippen LogP contribution is 2.02. The van der Waals surface area contributed by atoms with Crippen LogP contribution in [0.4, 0.5) is 0 Å². The summed E-state index contributed by atoms with van der Waals surface area (Å²) >= 11 is 0. The minimum Gasteiger partial charge on any atom is -0.462 e. The minimum atomic E-state index is -0.825. The maximum atomic E-state index is 11.3. The molecule has 4 nitrogen and oxygen atoms in total. The van der Waals surface area contributed by atoms with Gasteiger partial charge in [0.1, 0.15) is 0 Å². The van der Waals surface area contributed by atoms with Gasteiger partial charge in [-0.1, -0.05) is 18.2 Å². The zero-order chi connectivity index (χ0) is 11.1. The fourth-order valence-corrected chi connectivity index (χ4v) is 1.04. The third-order valence-corrected chi connectivity index (χ3v) is 1.90. The standard InChI is InChI=1S/C11H14O4/c12-8-10(13)6-7-15-11(14)9-4-2-1-3-5-9/h1-5,10,12-13H,6-8H2/t10-/m1/s1. The molecule has 0 aliphatic rings. The Bertz CT molecular complexity index is 297. The van der Waals surface area contributed by atoms with E-state index in [9.17, 15) is 4.79 Å². The number of hydrogen-bond acceptors (Lipinski definition) is 4. The Morgan fingerprint density at radius 3 is 2.60 bits per heavy atom. The molecule has 0 fully saturated rings. The van der Waals surface area contributed by atoms with Crippen molar-refractivity contribution in [2.24, 2.45) is 0 Å². The Balaban J connectivity index is 2.31. The number of rotatable bonds is 5. The zero-order valence-corrected chi connectivity index (χ0v) is 8.30. The minimum absolute atomic E-state index is 0.107. The Kier molecular flexibility index (Phi) is 4.80. The van der Waals surface area contributed by atoms with Crippen LogP contribution in [-0.4, -0.2) is 35.5 Å². The predicted molar refractivity (Wildman–Crippen MR) is 54.4 cm³/mol. The van der Waals surface area contributed by atoms with Gasteiger partial charge in [0.15, 0.2) is 0 Å². The molecule has 0 aromatic heterocycles. The zero-order valence-electron chi connectivity index (χ0n) is 8.30. The average molecular weight is 210 g/mol. The first-order valence-corrected chi connectivity index (χ1v) is 4.75. The van der Waals surface area contributed by atoms with Crippen LogP contribution >= 0.6 is 0 Å². The number of carbonyl (C=O) groups is 1. The van der Waals surface area contributed by atoms with Gasteiger partial charge in [-0.3, -0.25) is 0 Å².